The Morgan fingerprint density at radius 2 is 2.13 bits per heavy atom. The summed E-state index contributed by atoms with van der Waals surface area (Å²) in [6.45, 7) is 0. The molecule has 3 aromatic rings. The van der Waals surface area contributed by atoms with Crippen LogP contribution < -0.4 is 0 Å². The topological polar surface area (TPSA) is 38.9 Å². The number of hydrogen-bond donors (Lipinski definition) is 0. The monoisotopic (exact) mass is 195 g/mol. The molecule has 0 bridgehead atoms. The third-order valence-corrected chi connectivity index (χ3v) is 2.31. The lowest BCUT2D eigenvalue weighted by atomic mass is 10.1. The molecule has 3 rings (SSSR count). The number of aromatic nitrogens is 2. The van der Waals surface area contributed by atoms with Crippen molar-refractivity contribution in [1.29, 1.82) is 0 Å². The van der Waals surface area contributed by atoms with Crippen LogP contribution in [0.4, 0.5) is 0 Å². The van der Waals surface area contributed by atoms with Crippen molar-refractivity contribution in [3.05, 3.63) is 48.7 Å². The highest BCUT2D eigenvalue weighted by atomic mass is 16.5. The van der Waals surface area contributed by atoms with Gasteiger partial charge in [-0.2, -0.15) is 0 Å². The molecule has 0 aliphatic rings. The summed E-state index contributed by atoms with van der Waals surface area (Å²) in [4.78, 5) is 0. The lowest BCUT2D eigenvalue weighted by Crippen LogP contribution is -1.79. The smallest absolute Gasteiger partial charge is 0.152 e. The minimum Gasteiger partial charge on any atom is -0.345 e. The Bertz CT molecular complexity index is 587. The Kier molecular flexibility index (Phi) is 1.75. The van der Waals surface area contributed by atoms with Gasteiger partial charge < -0.3 is 4.52 Å². The first-order chi connectivity index (χ1) is 7.43. The van der Waals surface area contributed by atoms with E-state index in [4.69, 9.17) is 4.52 Å². The van der Waals surface area contributed by atoms with E-state index in [2.05, 4.69) is 16.4 Å². The summed E-state index contributed by atoms with van der Waals surface area (Å²) in [7, 11) is 0. The molecule has 0 unspecified atom stereocenters. The van der Waals surface area contributed by atoms with Crippen molar-refractivity contribution in [2.75, 3.05) is 0 Å². The zero-order valence-electron chi connectivity index (χ0n) is 7.84. The Morgan fingerprint density at radius 1 is 1.20 bits per heavy atom. The fraction of sp³-hybridized carbons (Fsp3) is 0. The highest BCUT2D eigenvalue weighted by Gasteiger charge is 2.02. The average Bonchev–Trinajstić information content (AvgIpc) is 2.82. The number of hydrogen-bond acceptors (Lipinski definition) is 3. The minimum absolute atomic E-state index is 0.733. The van der Waals surface area contributed by atoms with E-state index in [0.29, 0.717) is 0 Å². The molecule has 0 fully saturated rings. The summed E-state index contributed by atoms with van der Waals surface area (Å²) in [6.07, 6.45) is 1.53. The Labute approximate surface area is 86.3 Å². The van der Waals surface area contributed by atoms with Crippen LogP contribution in [0.3, 0.4) is 0 Å². The molecule has 3 heteroatoms. The number of rotatable bonds is 1. The number of fused-ring (bicyclic) bond motifs is 1. The molecule has 0 aliphatic carbocycles. The lowest BCUT2D eigenvalue weighted by molar-refractivity contribution is 0.393. The molecule has 3 nitrogen and oxygen atoms in total. The fourth-order valence-corrected chi connectivity index (χ4v) is 1.56. The van der Waals surface area contributed by atoms with Gasteiger partial charge in [0.15, 0.2) is 6.26 Å². The van der Waals surface area contributed by atoms with Gasteiger partial charge in [0.05, 0.1) is 0 Å². The summed E-state index contributed by atoms with van der Waals surface area (Å²) >= 11 is 0. The highest BCUT2D eigenvalue weighted by molar-refractivity contribution is 5.85. The Morgan fingerprint density at radius 3 is 3.00 bits per heavy atom. The van der Waals surface area contributed by atoms with Gasteiger partial charge in [-0.15, -0.1) is 5.10 Å². The molecule has 15 heavy (non-hydrogen) atoms. The zero-order valence-corrected chi connectivity index (χ0v) is 7.84. The van der Waals surface area contributed by atoms with Crippen LogP contribution in [0.5, 0.6) is 0 Å². The summed E-state index contributed by atoms with van der Waals surface area (Å²) in [5, 5.41) is 9.53. The summed E-state index contributed by atoms with van der Waals surface area (Å²) in [5.74, 6) is 0. The van der Waals surface area contributed by atoms with Crippen LogP contribution in [0.15, 0.2) is 47.2 Å². The first-order valence-corrected chi connectivity index (χ1v) is 4.61. The van der Waals surface area contributed by atoms with Crippen molar-refractivity contribution in [2.24, 2.45) is 0 Å². The maximum Gasteiger partial charge on any atom is 0.152 e. The molecule has 1 radical (unpaired) electrons. The molecule has 0 atom stereocenters. The summed E-state index contributed by atoms with van der Waals surface area (Å²) in [6, 6.07) is 15.2. The van der Waals surface area contributed by atoms with Crippen LogP contribution in [0.25, 0.3) is 22.0 Å². The van der Waals surface area contributed by atoms with Gasteiger partial charge in [0.25, 0.3) is 0 Å². The van der Waals surface area contributed by atoms with Crippen molar-refractivity contribution in [3.63, 3.8) is 0 Å². The second-order valence-corrected chi connectivity index (χ2v) is 3.27. The minimum atomic E-state index is 0.733. The summed E-state index contributed by atoms with van der Waals surface area (Å²) in [5.41, 5.74) is 1.70. The van der Waals surface area contributed by atoms with E-state index in [1.807, 2.05) is 36.4 Å². The van der Waals surface area contributed by atoms with Crippen molar-refractivity contribution in [1.82, 2.24) is 10.4 Å². The maximum absolute atomic E-state index is 4.71. The van der Waals surface area contributed by atoms with Crippen molar-refractivity contribution in [2.45, 2.75) is 0 Å². The van der Waals surface area contributed by atoms with Crippen LogP contribution >= 0.6 is 0 Å². The molecule has 0 aliphatic heterocycles. The van der Waals surface area contributed by atoms with Gasteiger partial charge in [-0.25, -0.2) is 0 Å². The van der Waals surface area contributed by atoms with Crippen molar-refractivity contribution >= 4 is 10.8 Å². The van der Waals surface area contributed by atoms with E-state index in [-0.39, 0.29) is 0 Å². The van der Waals surface area contributed by atoms with Crippen LogP contribution in [-0.4, -0.2) is 10.4 Å². The quantitative estimate of drug-likeness (QED) is 0.599. The van der Waals surface area contributed by atoms with E-state index in [0.717, 1.165) is 22.0 Å². The normalized spacial score (nSPS) is 10.7. The highest BCUT2D eigenvalue weighted by Crippen LogP contribution is 2.21. The van der Waals surface area contributed by atoms with E-state index < -0.39 is 0 Å². The number of nitrogens with zero attached hydrogens (tertiary/aromatic N) is 2. The zero-order chi connectivity index (χ0) is 10.1. The van der Waals surface area contributed by atoms with Crippen LogP contribution in [-0.2, 0) is 0 Å². The summed E-state index contributed by atoms with van der Waals surface area (Å²) < 4.78 is 4.71. The van der Waals surface area contributed by atoms with E-state index in [1.54, 1.807) is 0 Å². The molecule has 71 valence electrons. The van der Waals surface area contributed by atoms with Crippen LogP contribution in [0.1, 0.15) is 0 Å². The largest absolute Gasteiger partial charge is 0.345 e. The second-order valence-electron chi connectivity index (χ2n) is 3.27. The molecule has 0 saturated carbocycles. The maximum atomic E-state index is 4.71. The van der Waals surface area contributed by atoms with Crippen molar-refractivity contribution < 1.29 is 4.52 Å². The SMILES string of the molecule is [c]1cc(-c2conn2)cc2ccccc12. The van der Waals surface area contributed by atoms with Gasteiger partial charge in [-0.1, -0.05) is 24.3 Å². The van der Waals surface area contributed by atoms with Gasteiger partial charge in [0, 0.05) is 10.8 Å². The van der Waals surface area contributed by atoms with Crippen LogP contribution in [0.2, 0.25) is 0 Å². The molecule has 1 aromatic heterocycles. The third kappa shape index (κ3) is 1.38. The molecular formula is C12H7N2O. The van der Waals surface area contributed by atoms with Gasteiger partial charge >= 0.3 is 0 Å². The van der Waals surface area contributed by atoms with Gasteiger partial charge in [-0.05, 0) is 29.0 Å². The molecule has 0 spiro atoms. The molecule has 0 N–H and O–H groups in total. The first kappa shape index (κ1) is 8.17. The van der Waals surface area contributed by atoms with Gasteiger partial charge in [0.2, 0.25) is 0 Å². The van der Waals surface area contributed by atoms with E-state index in [1.165, 1.54) is 6.26 Å². The molecule has 2 aromatic carbocycles. The first-order valence-electron chi connectivity index (χ1n) is 4.61. The van der Waals surface area contributed by atoms with Crippen molar-refractivity contribution in [3.8, 4) is 11.3 Å². The van der Waals surface area contributed by atoms with E-state index in [9.17, 15) is 0 Å². The van der Waals surface area contributed by atoms with Gasteiger partial charge in [-0.3, -0.25) is 0 Å². The number of benzene rings is 2. The third-order valence-electron chi connectivity index (χ3n) is 2.31. The van der Waals surface area contributed by atoms with Gasteiger partial charge in [0.1, 0.15) is 5.69 Å². The molecule has 1 heterocycles. The van der Waals surface area contributed by atoms with Crippen LogP contribution in [0, 0.1) is 6.07 Å². The molecular weight excluding hydrogens is 188 g/mol. The molecule has 0 amide bonds. The fourth-order valence-electron chi connectivity index (χ4n) is 1.56. The average molecular weight is 195 g/mol. The lowest BCUT2D eigenvalue weighted by Gasteiger charge is -1.98. The molecule has 0 saturated heterocycles. The standard InChI is InChI=1S/C12H7N2O/c1-2-4-10-7-11(6-5-9(10)3-1)12-8-15-14-13-12/h1-4,6-8H. The Hall–Kier alpha value is -2.16. The second kappa shape index (κ2) is 3.20. The Balaban J connectivity index is 2.22. The van der Waals surface area contributed by atoms with E-state index >= 15 is 0 Å². The predicted octanol–water partition coefficient (Wildman–Crippen LogP) is 2.69. The predicted molar refractivity (Wildman–Crippen MR) is 56.1 cm³/mol.